The van der Waals surface area contributed by atoms with E-state index in [1.165, 1.54) is 0 Å². The highest BCUT2D eigenvalue weighted by atomic mass is 16.4. The molecule has 0 fully saturated rings. The molecule has 0 spiro atoms. The van der Waals surface area contributed by atoms with Gasteiger partial charge in [0.25, 0.3) is 0 Å². The summed E-state index contributed by atoms with van der Waals surface area (Å²) in [5, 5.41) is 18.0. The number of ketones is 1. The zero-order valence-corrected chi connectivity index (χ0v) is 15.1. The Bertz CT molecular complexity index is 842. The van der Waals surface area contributed by atoms with E-state index >= 15 is 0 Å². The molecule has 0 aromatic heterocycles. The van der Waals surface area contributed by atoms with Gasteiger partial charge in [0.05, 0.1) is 12.8 Å². The maximum absolute atomic E-state index is 13.0. The number of hydrogen-bond acceptors (Lipinski definition) is 3. The van der Waals surface area contributed by atoms with Gasteiger partial charge in [-0.1, -0.05) is 57.2 Å². The maximum atomic E-state index is 13.0. The highest BCUT2D eigenvalue weighted by Gasteiger charge is 2.20. The fraction of sp³-hybridized carbons (Fsp3) is 0.286. The lowest BCUT2D eigenvalue weighted by atomic mass is 9.83. The minimum atomic E-state index is -1.00. The number of hydrogen-bond donors (Lipinski definition) is 2. The molecule has 5 nitrogen and oxygen atoms in total. The van der Waals surface area contributed by atoms with E-state index in [9.17, 15) is 14.4 Å². The molecule has 0 atom stereocenters. The Kier molecular flexibility index (Phi) is 5.60. The number of carbonyl (C=O) groups excluding carboxylic acids is 1. The van der Waals surface area contributed by atoms with Crippen LogP contribution < -0.4 is 0 Å². The Morgan fingerprint density at radius 2 is 1.42 bits per heavy atom. The molecule has 0 saturated carbocycles. The molecular weight excluding hydrogens is 332 g/mol. The van der Waals surface area contributed by atoms with Crippen LogP contribution in [0.4, 0.5) is 0 Å². The first-order valence-corrected chi connectivity index (χ1v) is 8.28. The molecular formula is C21H22O5. The van der Waals surface area contributed by atoms with E-state index in [4.69, 9.17) is 10.2 Å². The predicted molar refractivity (Wildman–Crippen MR) is 97.7 cm³/mol. The monoisotopic (exact) mass is 354 g/mol. The van der Waals surface area contributed by atoms with Gasteiger partial charge in [-0.2, -0.15) is 0 Å². The summed E-state index contributed by atoms with van der Waals surface area (Å²) in [6.07, 6.45) is -0.346. The quantitative estimate of drug-likeness (QED) is 0.775. The third-order valence-electron chi connectivity index (χ3n) is 4.13. The summed E-state index contributed by atoms with van der Waals surface area (Å²) < 4.78 is 0. The van der Waals surface area contributed by atoms with Gasteiger partial charge in [-0.3, -0.25) is 14.4 Å². The Hall–Kier alpha value is -2.95. The molecule has 0 heterocycles. The van der Waals surface area contributed by atoms with Crippen LogP contribution in [0.5, 0.6) is 0 Å². The topological polar surface area (TPSA) is 91.7 Å². The van der Waals surface area contributed by atoms with Crippen LogP contribution in [0.3, 0.4) is 0 Å². The SMILES string of the molecule is CC(C)(C)c1ccc(CC(=O)O)c(C(=O)c2ccc(CC(=O)O)cc2)c1. The Labute approximate surface area is 152 Å². The van der Waals surface area contributed by atoms with Crippen LogP contribution in [0.15, 0.2) is 42.5 Å². The number of carboxylic acid groups (broad SMARTS) is 2. The van der Waals surface area contributed by atoms with Gasteiger partial charge >= 0.3 is 11.9 Å². The molecule has 26 heavy (non-hydrogen) atoms. The molecule has 0 unspecified atom stereocenters. The summed E-state index contributed by atoms with van der Waals surface area (Å²) in [7, 11) is 0. The molecule has 0 aliphatic rings. The Balaban J connectivity index is 2.44. The second-order valence-electron chi connectivity index (χ2n) is 7.29. The third kappa shape index (κ3) is 4.79. The smallest absolute Gasteiger partial charge is 0.307 e. The van der Waals surface area contributed by atoms with Gasteiger partial charge in [0.15, 0.2) is 5.78 Å². The van der Waals surface area contributed by atoms with Crippen molar-refractivity contribution in [3.05, 3.63) is 70.3 Å². The van der Waals surface area contributed by atoms with E-state index in [0.29, 0.717) is 22.3 Å². The molecule has 136 valence electrons. The van der Waals surface area contributed by atoms with E-state index in [1.54, 1.807) is 36.4 Å². The van der Waals surface area contributed by atoms with Crippen LogP contribution in [0.1, 0.15) is 53.4 Å². The van der Waals surface area contributed by atoms with E-state index in [0.717, 1.165) is 5.56 Å². The summed E-state index contributed by atoms with van der Waals surface area (Å²) in [5.41, 5.74) is 2.59. The molecule has 0 amide bonds. The van der Waals surface area contributed by atoms with Gasteiger partial charge in [0, 0.05) is 11.1 Å². The largest absolute Gasteiger partial charge is 0.481 e. The lowest BCUT2D eigenvalue weighted by Gasteiger charge is -2.21. The lowest BCUT2D eigenvalue weighted by Crippen LogP contribution is -2.15. The first-order valence-electron chi connectivity index (χ1n) is 8.28. The fourth-order valence-corrected chi connectivity index (χ4v) is 2.68. The molecule has 2 aromatic rings. The number of carbonyl (C=O) groups is 3. The van der Waals surface area contributed by atoms with Crippen LogP contribution in [-0.2, 0) is 27.8 Å². The van der Waals surface area contributed by atoms with E-state index < -0.39 is 11.9 Å². The van der Waals surface area contributed by atoms with Crippen LogP contribution in [0, 0.1) is 0 Å². The molecule has 2 N–H and O–H groups in total. The van der Waals surface area contributed by atoms with Crippen LogP contribution in [-0.4, -0.2) is 27.9 Å². The van der Waals surface area contributed by atoms with Crippen LogP contribution in [0.2, 0.25) is 0 Å². The molecule has 0 radical (unpaired) electrons. The molecule has 2 rings (SSSR count). The van der Waals surface area contributed by atoms with Gasteiger partial charge in [0.1, 0.15) is 0 Å². The third-order valence-corrected chi connectivity index (χ3v) is 4.13. The molecule has 0 aliphatic carbocycles. The predicted octanol–water partition coefficient (Wildman–Crippen LogP) is 3.47. The van der Waals surface area contributed by atoms with E-state index in [2.05, 4.69) is 0 Å². The number of aliphatic carboxylic acids is 2. The van der Waals surface area contributed by atoms with E-state index in [-0.39, 0.29) is 24.0 Å². The fourth-order valence-electron chi connectivity index (χ4n) is 2.68. The Morgan fingerprint density at radius 3 is 1.92 bits per heavy atom. The van der Waals surface area contributed by atoms with Crippen molar-refractivity contribution in [2.75, 3.05) is 0 Å². The highest BCUT2D eigenvalue weighted by Crippen LogP contribution is 2.26. The zero-order valence-electron chi connectivity index (χ0n) is 15.1. The second kappa shape index (κ2) is 7.52. The summed E-state index contributed by atoms with van der Waals surface area (Å²) >= 11 is 0. The van der Waals surface area contributed by atoms with Crippen molar-refractivity contribution in [2.45, 2.75) is 39.0 Å². The highest BCUT2D eigenvalue weighted by molar-refractivity contribution is 6.10. The summed E-state index contributed by atoms with van der Waals surface area (Å²) in [6, 6.07) is 11.7. The van der Waals surface area contributed by atoms with Crippen molar-refractivity contribution in [1.29, 1.82) is 0 Å². The average molecular weight is 354 g/mol. The van der Waals surface area contributed by atoms with Gasteiger partial charge in [-0.05, 0) is 28.2 Å². The van der Waals surface area contributed by atoms with Crippen molar-refractivity contribution >= 4 is 17.7 Å². The first kappa shape index (κ1) is 19.4. The average Bonchev–Trinajstić information content (AvgIpc) is 2.53. The lowest BCUT2D eigenvalue weighted by molar-refractivity contribution is -0.137. The minimum Gasteiger partial charge on any atom is -0.481 e. The van der Waals surface area contributed by atoms with Gasteiger partial charge in [-0.25, -0.2) is 0 Å². The van der Waals surface area contributed by atoms with Gasteiger partial charge in [-0.15, -0.1) is 0 Å². The van der Waals surface area contributed by atoms with Crippen molar-refractivity contribution < 1.29 is 24.6 Å². The standard InChI is InChI=1S/C21H22O5/c1-21(2,3)16-9-8-15(11-19(24)25)17(12-16)20(26)14-6-4-13(5-7-14)10-18(22)23/h4-9,12H,10-11H2,1-3H3,(H,22,23)(H,24,25). The van der Waals surface area contributed by atoms with Crippen molar-refractivity contribution in [3.63, 3.8) is 0 Å². The number of benzene rings is 2. The van der Waals surface area contributed by atoms with Crippen molar-refractivity contribution in [3.8, 4) is 0 Å². The van der Waals surface area contributed by atoms with Crippen molar-refractivity contribution in [2.24, 2.45) is 0 Å². The maximum Gasteiger partial charge on any atom is 0.307 e. The van der Waals surface area contributed by atoms with Crippen LogP contribution in [0.25, 0.3) is 0 Å². The normalized spacial score (nSPS) is 11.2. The first-order chi connectivity index (χ1) is 12.1. The van der Waals surface area contributed by atoms with Crippen molar-refractivity contribution in [1.82, 2.24) is 0 Å². The minimum absolute atomic E-state index is 0.113. The van der Waals surface area contributed by atoms with Gasteiger partial charge in [0.2, 0.25) is 0 Å². The van der Waals surface area contributed by atoms with Crippen LogP contribution >= 0.6 is 0 Å². The molecule has 5 heteroatoms. The summed E-state index contributed by atoms with van der Waals surface area (Å²) in [5.74, 6) is -2.21. The number of carboxylic acids is 2. The molecule has 0 aliphatic heterocycles. The Morgan fingerprint density at radius 1 is 0.846 bits per heavy atom. The second-order valence-corrected chi connectivity index (χ2v) is 7.29. The summed E-state index contributed by atoms with van der Waals surface area (Å²) in [4.78, 5) is 34.9. The molecule has 0 saturated heterocycles. The molecule has 0 bridgehead atoms. The van der Waals surface area contributed by atoms with E-state index in [1.807, 2.05) is 26.8 Å². The zero-order chi connectivity index (χ0) is 19.5. The summed E-state index contributed by atoms with van der Waals surface area (Å²) in [6.45, 7) is 6.07. The van der Waals surface area contributed by atoms with Gasteiger partial charge < -0.3 is 10.2 Å². The molecule has 2 aromatic carbocycles. The number of rotatable bonds is 6.